The first kappa shape index (κ1) is 19.0. The Morgan fingerprint density at radius 3 is 2.71 bits per heavy atom. The van der Waals surface area contributed by atoms with Gasteiger partial charge in [-0.1, -0.05) is 27.3 Å². The predicted molar refractivity (Wildman–Crippen MR) is 94.4 cm³/mol. The van der Waals surface area contributed by atoms with Crippen LogP contribution >= 0.6 is 27.3 Å². The molecule has 0 radical (unpaired) electrons. The molecule has 2 rings (SSSR count). The Morgan fingerprint density at radius 1 is 1.38 bits per heavy atom. The number of thiazole rings is 1. The summed E-state index contributed by atoms with van der Waals surface area (Å²) in [5.74, 6) is -1.80. The number of nitrogens with zero attached hydrogens (tertiary/aromatic N) is 2. The van der Waals surface area contributed by atoms with E-state index in [2.05, 4.69) is 20.9 Å². The van der Waals surface area contributed by atoms with Crippen molar-refractivity contribution in [1.82, 2.24) is 4.57 Å². The topological polar surface area (TPSA) is 94.8 Å². The molecule has 0 aliphatic heterocycles. The molecule has 0 aliphatic rings. The minimum absolute atomic E-state index is 0.365. The van der Waals surface area contributed by atoms with Crippen LogP contribution < -0.4 is 4.80 Å². The van der Waals surface area contributed by atoms with E-state index in [9.17, 15) is 18.0 Å². The van der Waals surface area contributed by atoms with Crippen molar-refractivity contribution in [2.24, 2.45) is 4.99 Å². The lowest BCUT2D eigenvalue weighted by Crippen LogP contribution is -2.24. The van der Waals surface area contributed by atoms with Gasteiger partial charge in [0.2, 0.25) is 15.0 Å². The molecular weight excluding hydrogens is 420 g/mol. The zero-order valence-corrected chi connectivity index (χ0v) is 16.2. The molecule has 0 atom stereocenters. The Kier molecular flexibility index (Phi) is 6.07. The molecular formula is C14H15BrN2O5S2. The molecule has 1 heterocycles. The second kappa shape index (κ2) is 7.68. The summed E-state index contributed by atoms with van der Waals surface area (Å²) in [5.41, 5.74) is 0.862. The third-order valence-corrected chi connectivity index (χ3v) is 6.17. The van der Waals surface area contributed by atoms with E-state index in [4.69, 9.17) is 4.74 Å². The molecule has 1 amide bonds. The van der Waals surface area contributed by atoms with Gasteiger partial charge in [-0.15, -0.1) is 0 Å². The predicted octanol–water partition coefficient (Wildman–Crippen LogP) is 1.50. The van der Waals surface area contributed by atoms with Crippen LogP contribution in [0.4, 0.5) is 0 Å². The fourth-order valence-electron chi connectivity index (χ4n) is 1.93. The van der Waals surface area contributed by atoms with E-state index >= 15 is 0 Å². The van der Waals surface area contributed by atoms with E-state index in [1.165, 1.54) is 11.3 Å². The number of methoxy groups -OCH3 is 1. The molecule has 0 aliphatic carbocycles. The van der Waals surface area contributed by atoms with Crippen molar-refractivity contribution in [3.63, 3.8) is 0 Å². The molecule has 0 N–H and O–H groups in total. The number of ether oxygens (including phenoxy) is 1. The standard InChI is InChI=1S/C14H15BrN2O5S2/c1-9(18)24(20,21)8-13(19)16-14-17(5-6-22-2)11-4-3-10(15)7-12(11)23-14/h3-4,7H,5-6,8H2,1-2H3. The molecule has 0 saturated carbocycles. The van der Waals surface area contributed by atoms with Gasteiger partial charge in [0, 0.05) is 25.1 Å². The number of carbonyl (C=O) groups excluding carboxylic acids is 2. The largest absolute Gasteiger partial charge is 0.383 e. The highest BCUT2D eigenvalue weighted by molar-refractivity contribution is 9.10. The smallest absolute Gasteiger partial charge is 0.264 e. The van der Waals surface area contributed by atoms with E-state index in [1.807, 2.05) is 18.2 Å². The third-order valence-electron chi connectivity index (χ3n) is 3.14. The Bertz CT molecular complexity index is 959. The van der Waals surface area contributed by atoms with Crippen molar-refractivity contribution >= 4 is 58.3 Å². The molecule has 0 saturated heterocycles. The number of aromatic nitrogens is 1. The van der Waals surface area contributed by atoms with Crippen LogP contribution in [0.5, 0.6) is 0 Å². The normalized spacial score (nSPS) is 12.7. The van der Waals surface area contributed by atoms with Crippen LogP contribution in [-0.4, -0.2) is 43.5 Å². The van der Waals surface area contributed by atoms with Crippen molar-refractivity contribution in [3.05, 3.63) is 27.5 Å². The first-order valence-corrected chi connectivity index (χ1v) is 10.1. The molecule has 1 aromatic heterocycles. The van der Waals surface area contributed by atoms with E-state index in [1.54, 1.807) is 11.7 Å². The lowest BCUT2D eigenvalue weighted by molar-refractivity contribution is -0.116. The zero-order chi connectivity index (χ0) is 17.9. The minimum Gasteiger partial charge on any atom is -0.383 e. The number of halogens is 1. The number of sulfone groups is 1. The van der Waals surface area contributed by atoms with Crippen molar-refractivity contribution in [1.29, 1.82) is 0 Å². The fourth-order valence-corrected chi connectivity index (χ4v) is 4.15. The summed E-state index contributed by atoms with van der Waals surface area (Å²) >= 11 is 4.65. The molecule has 24 heavy (non-hydrogen) atoms. The Morgan fingerprint density at radius 2 is 2.08 bits per heavy atom. The van der Waals surface area contributed by atoms with Gasteiger partial charge in [0.25, 0.3) is 5.91 Å². The second-order valence-electron chi connectivity index (χ2n) is 4.90. The maximum Gasteiger partial charge on any atom is 0.264 e. The summed E-state index contributed by atoms with van der Waals surface area (Å²) in [5, 5.41) is -1.04. The van der Waals surface area contributed by atoms with E-state index in [0.29, 0.717) is 18.0 Å². The van der Waals surface area contributed by atoms with Crippen LogP contribution in [0.15, 0.2) is 27.7 Å². The fraction of sp³-hybridized carbons (Fsp3) is 0.357. The van der Waals surface area contributed by atoms with Crippen LogP contribution in [0.25, 0.3) is 10.2 Å². The van der Waals surface area contributed by atoms with Gasteiger partial charge in [-0.25, -0.2) is 8.42 Å². The van der Waals surface area contributed by atoms with Gasteiger partial charge in [0.15, 0.2) is 4.80 Å². The number of carbonyl (C=O) groups is 2. The molecule has 1 aromatic carbocycles. The average molecular weight is 435 g/mol. The molecule has 0 unspecified atom stereocenters. The lowest BCUT2D eigenvalue weighted by Gasteiger charge is -2.04. The Labute approximate surface area is 151 Å². The summed E-state index contributed by atoms with van der Waals surface area (Å²) < 4.78 is 31.7. The molecule has 0 fully saturated rings. The van der Waals surface area contributed by atoms with Crippen LogP contribution in [0.2, 0.25) is 0 Å². The Hall–Kier alpha value is -1.36. The molecule has 2 aromatic rings. The van der Waals surface area contributed by atoms with Gasteiger partial charge in [-0.3, -0.25) is 9.59 Å². The van der Waals surface area contributed by atoms with Gasteiger partial charge in [0.1, 0.15) is 5.75 Å². The van der Waals surface area contributed by atoms with Gasteiger partial charge >= 0.3 is 0 Å². The maximum absolute atomic E-state index is 12.0. The van der Waals surface area contributed by atoms with Crippen LogP contribution in [-0.2, 0) is 30.7 Å². The first-order valence-electron chi connectivity index (χ1n) is 6.83. The summed E-state index contributed by atoms with van der Waals surface area (Å²) in [6.07, 6.45) is 0. The first-order chi connectivity index (χ1) is 11.2. The van der Waals surface area contributed by atoms with Crippen molar-refractivity contribution in [2.45, 2.75) is 13.5 Å². The molecule has 0 spiro atoms. The molecule has 130 valence electrons. The highest BCUT2D eigenvalue weighted by Gasteiger charge is 2.21. The van der Waals surface area contributed by atoms with E-state index in [-0.39, 0.29) is 0 Å². The van der Waals surface area contributed by atoms with Crippen molar-refractivity contribution in [3.8, 4) is 0 Å². The quantitative estimate of drug-likeness (QED) is 0.710. The SMILES string of the molecule is COCCn1c(=NC(=O)CS(=O)(=O)C(C)=O)sc2cc(Br)ccc21. The zero-order valence-electron chi connectivity index (χ0n) is 13.0. The van der Waals surface area contributed by atoms with Gasteiger partial charge in [0.05, 0.1) is 16.8 Å². The summed E-state index contributed by atoms with van der Waals surface area (Å²) in [4.78, 5) is 27.2. The number of hydrogen-bond donors (Lipinski definition) is 0. The summed E-state index contributed by atoms with van der Waals surface area (Å²) in [7, 11) is -2.54. The maximum atomic E-state index is 12.0. The van der Waals surface area contributed by atoms with Crippen molar-refractivity contribution in [2.75, 3.05) is 19.5 Å². The van der Waals surface area contributed by atoms with E-state index in [0.717, 1.165) is 21.6 Å². The number of hydrogen-bond acceptors (Lipinski definition) is 6. The lowest BCUT2D eigenvalue weighted by atomic mass is 10.3. The highest BCUT2D eigenvalue weighted by Crippen LogP contribution is 2.22. The molecule has 7 nitrogen and oxygen atoms in total. The third kappa shape index (κ3) is 4.38. The second-order valence-corrected chi connectivity index (χ2v) is 8.92. The van der Waals surface area contributed by atoms with Crippen LogP contribution in [0.3, 0.4) is 0 Å². The minimum atomic E-state index is -4.10. The summed E-state index contributed by atoms with van der Waals surface area (Å²) in [6.45, 7) is 1.79. The van der Waals surface area contributed by atoms with Crippen molar-refractivity contribution < 1.29 is 22.7 Å². The number of rotatable bonds is 5. The number of amides is 1. The molecule has 10 heteroatoms. The average Bonchev–Trinajstić information content (AvgIpc) is 2.80. The monoisotopic (exact) mass is 434 g/mol. The molecule has 0 bridgehead atoms. The van der Waals surface area contributed by atoms with Gasteiger partial charge in [-0.2, -0.15) is 4.99 Å². The van der Waals surface area contributed by atoms with E-state index < -0.39 is 26.6 Å². The Balaban J connectivity index is 2.49. The number of benzene rings is 1. The highest BCUT2D eigenvalue weighted by atomic mass is 79.9. The van der Waals surface area contributed by atoms with Crippen LogP contribution in [0, 0.1) is 0 Å². The van der Waals surface area contributed by atoms with Crippen LogP contribution in [0.1, 0.15) is 6.92 Å². The van der Waals surface area contributed by atoms with Gasteiger partial charge < -0.3 is 9.30 Å². The number of fused-ring (bicyclic) bond motifs is 1. The van der Waals surface area contributed by atoms with Gasteiger partial charge in [-0.05, 0) is 18.2 Å². The summed E-state index contributed by atoms with van der Waals surface area (Å²) in [6, 6.07) is 5.63.